The summed E-state index contributed by atoms with van der Waals surface area (Å²) in [6.45, 7) is 0.952. The summed E-state index contributed by atoms with van der Waals surface area (Å²) in [4.78, 5) is 15.0. The zero-order valence-corrected chi connectivity index (χ0v) is 10.6. The molecule has 0 unspecified atom stereocenters. The summed E-state index contributed by atoms with van der Waals surface area (Å²) < 4.78 is 11.0. The number of ether oxygens (including phenoxy) is 2. The van der Waals surface area contributed by atoms with Crippen LogP contribution in [-0.4, -0.2) is 29.3 Å². The fourth-order valence-corrected chi connectivity index (χ4v) is 2.69. The largest absolute Gasteiger partial charge is 0.486 e. The number of hydrogen-bond donors (Lipinski definition) is 2. The summed E-state index contributed by atoms with van der Waals surface area (Å²) >= 11 is 1.12. The van der Waals surface area contributed by atoms with E-state index in [1.54, 1.807) is 18.2 Å². The number of carboxylic acids is 1. The van der Waals surface area contributed by atoms with Gasteiger partial charge in [-0.05, 0) is 12.1 Å². The lowest BCUT2D eigenvalue weighted by molar-refractivity contribution is 0.0692. The third-order valence-corrected chi connectivity index (χ3v) is 3.57. The van der Waals surface area contributed by atoms with Gasteiger partial charge >= 0.3 is 5.97 Å². The van der Waals surface area contributed by atoms with Gasteiger partial charge in [-0.2, -0.15) is 0 Å². The van der Waals surface area contributed by atoms with Gasteiger partial charge in [-0.1, -0.05) is 17.4 Å². The van der Waals surface area contributed by atoms with Crippen molar-refractivity contribution in [3.05, 3.63) is 23.9 Å². The van der Waals surface area contributed by atoms with E-state index < -0.39 is 5.97 Å². The first-order valence-corrected chi connectivity index (χ1v) is 6.37. The van der Waals surface area contributed by atoms with Crippen LogP contribution in [0.2, 0.25) is 0 Å². The number of nitrogens with zero attached hydrogens (tertiary/aromatic N) is 1. The minimum absolute atomic E-state index is 0.130. The molecule has 0 bridgehead atoms. The lowest BCUT2D eigenvalue weighted by atomic mass is 10.2. The number of benzene rings is 1. The zero-order chi connectivity index (χ0) is 13.4. The van der Waals surface area contributed by atoms with Gasteiger partial charge in [0.2, 0.25) is 0 Å². The first kappa shape index (κ1) is 11.8. The number of fused-ring (bicyclic) bond motifs is 1. The van der Waals surface area contributed by atoms with Crippen molar-refractivity contribution >= 4 is 22.3 Å². The number of aromatic carboxylic acids is 1. The molecule has 0 radical (unpaired) electrons. The molecule has 1 aromatic carbocycles. The molecule has 98 valence electrons. The van der Waals surface area contributed by atoms with Crippen molar-refractivity contribution in [1.29, 1.82) is 0 Å². The monoisotopic (exact) mass is 278 g/mol. The van der Waals surface area contributed by atoms with Gasteiger partial charge in [0.05, 0.1) is 5.56 Å². The molecule has 0 spiro atoms. The van der Waals surface area contributed by atoms with E-state index in [9.17, 15) is 4.79 Å². The van der Waals surface area contributed by atoms with Gasteiger partial charge in [-0.3, -0.25) is 0 Å². The highest BCUT2D eigenvalue weighted by Crippen LogP contribution is 2.42. The number of thiazole rings is 1. The van der Waals surface area contributed by atoms with Gasteiger partial charge in [0.25, 0.3) is 0 Å². The van der Waals surface area contributed by atoms with Gasteiger partial charge < -0.3 is 20.3 Å². The maximum absolute atomic E-state index is 11.0. The van der Waals surface area contributed by atoms with Crippen molar-refractivity contribution in [3.8, 4) is 22.1 Å². The van der Waals surface area contributed by atoms with Crippen molar-refractivity contribution in [2.45, 2.75) is 0 Å². The van der Waals surface area contributed by atoms with E-state index in [1.807, 2.05) is 0 Å². The Morgan fingerprint density at radius 3 is 2.89 bits per heavy atom. The minimum atomic E-state index is -1.14. The highest BCUT2D eigenvalue weighted by molar-refractivity contribution is 7.19. The lowest BCUT2D eigenvalue weighted by Crippen LogP contribution is -2.15. The van der Waals surface area contributed by atoms with Crippen LogP contribution >= 0.6 is 11.3 Å². The first-order valence-electron chi connectivity index (χ1n) is 5.55. The standard InChI is InChI=1S/C12H10N2O4S/c13-10-8(12(15)16)14-11(19-10)6-2-1-3-7-9(6)18-5-4-17-7/h1-3H,4-5,13H2,(H,15,16). The molecule has 3 N–H and O–H groups in total. The van der Waals surface area contributed by atoms with Crippen LogP contribution < -0.4 is 15.2 Å². The molecule has 1 aromatic heterocycles. The molecule has 1 aliphatic rings. The van der Waals surface area contributed by atoms with Gasteiger partial charge in [0.1, 0.15) is 23.2 Å². The molecule has 0 fully saturated rings. The molecule has 0 saturated carbocycles. The molecule has 3 rings (SSSR count). The van der Waals surface area contributed by atoms with Crippen LogP contribution in [-0.2, 0) is 0 Å². The quantitative estimate of drug-likeness (QED) is 0.870. The van der Waals surface area contributed by atoms with Crippen molar-refractivity contribution < 1.29 is 19.4 Å². The van der Waals surface area contributed by atoms with E-state index in [4.69, 9.17) is 20.3 Å². The van der Waals surface area contributed by atoms with Crippen molar-refractivity contribution in [2.75, 3.05) is 18.9 Å². The Labute approximate surface area is 112 Å². The van der Waals surface area contributed by atoms with Gasteiger partial charge in [0, 0.05) is 0 Å². The fraction of sp³-hybridized carbons (Fsp3) is 0.167. The number of nitrogens with two attached hydrogens (primary N) is 1. The van der Waals surface area contributed by atoms with Crippen molar-refractivity contribution in [2.24, 2.45) is 0 Å². The molecular formula is C12H10N2O4S. The number of carbonyl (C=O) groups is 1. The molecule has 0 aliphatic carbocycles. The second-order valence-electron chi connectivity index (χ2n) is 3.87. The van der Waals surface area contributed by atoms with Gasteiger partial charge in [-0.25, -0.2) is 9.78 Å². The maximum atomic E-state index is 11.0. The Balaban J connectivity index is 2.12. The normalized spacial score (nSPS) is 13.3. The molecule has 2 heterocycles. The molecule has 0 atom stereocenters. The topological polar surface area (TPSA) is 94.7 Å². The maximum Gasteiger partial charge on any atom is 0.357 e. The van der Waals surface area contributed by atoms with Crippen molar-refractivity contribution in [3.63, 3.8) is 0 Å². The van der Waals surface area contributed by atoms with E-state index in [0.29, 0.717) is 35.3 Å². The summed E-state index contributed by atoms with van der Waals surface area (Å²) in [7, 11) is 0. The van der Waals surface area contributed by atoms with E-state index >= 15 is 0 Å². The average Bonchev–Trinajstić information content (AvgIpc) is 2.80. The zero-order valence-electron chi connectivity index (χ0n) is 9.75. The number of nitrogen functional groups attached to an aromatic ring is 1. The van der Waals surface area contributed by atoms with E-state index in [2.05, 4.69) is 4.98 Å². The van der Waals surface area contributed by atoms with E-state index in [-0.39, 0.29) is 10.7 Å². The molecule has 0 amide bonds. The van der Waals surface area contributed by atoms with E-state index in [1.165, 1.54) is 0 Å². The Kier molecular flexibility index (Phi) is 2.75. The highest BCUT2D eigenvalue weighted by atomic mass is 32.1. The smallest absolute Gasteiger partial charge is 0.357 e. The first-order chi connectivity index (χ1) is 9.16. The fourth-order valence-electron chi connectivity index (χ4n) is 1.84. The van der Waals surface area contributed by atoms with Crippen LogP contribution in [0.1, 0.15) is 10.5 Å². The van der Waals surface area contributed by atoms with Crippen LogP contribution in [0.3, 0.4) is 0 Å². The molecule has 1 aliphatic heterocycles. The predicted octanol–water partition coefficient (Wildman–Crippen LogP) is 1.86. The number of aromatic nitrogens is 1. The van der Waals surface area contributed by atoms with Crippen LogP contribution in [0.25, 0.3) is 10.6 Å². The van der Waals surface area contributed by atoms with E-state index in [0.717, 1.165) is 11.3 Å². The summed E-state index contributed by atoms with van der Waals surface area (Å²) in [5, 5.41) is 9.66. The van der Waals surface area contributed by atoms with Crippen LogP contribution in [0.4, 0.5) is 5.00 Å². The SMILES string of the molecule is Nc1sc(-c2cccc3c2OCCO3)nc1C(=O)O. The predicted molar refractivity (Wildman–Crippen MR) is 69.9 cm³/mol. The summed E-state index contributed by atoms with van der Waals surface area (Å²) in [6, 6.07) is 5.41. The van der Waals surface area contributed by atoms with Crippen LogP contribution in [0.5, 0.6) is 11.5 Å². The number of anilines is 1. The lowest BCUT2D eigenvalue weighted by Gasteiger charge is -2.20. The number of para-hydroxylation sites is 1. The summed E-state index contributed by atoms with van der Waals surface area (Å²) in [5.41, 5.74) is 6.22. The second-order valence-corrected chi connectivity index (χ2v) is 4.90. The molecule has 0 saturated heterocycles. The number of carboxylic acid groups (broad SMARTS) is 1. The average molecular weight is 278 g/mol. The van der Waals surface area contributed by atoms with Crippen LogP contribution in [0, 0.1) is 0 Å². The third-order valence-electron chi connectivity index (χ3n) is 2.65. The summed E-state index contributed by atoms with van der Waals surface area (Å²) in [6.07, 6.45) is 0. The Hall–Kier alpha value is -2.28. The summed E-state index contributed by atoms with van der Waals surface area (Å²) in [5.74, 6) is 0.0794. The Morgan fingerprint density at radius 2 is 2.16 bits per heavy atom. The minimum Gasteiger partial charge on any atom is -0.486 e. The third kappa shape index (κ3) is 1.97. The highest BCUT2D eigenvalue weighted by Gasteiger charge is 2.22. The van der Waals surface area contributed by atoms with Crippen LogP contribution in [0.15, 0.2) is 18.2 Å². The molecule has 6 nitrogen and oxygen atoms in total. The molecule has 19 heavy (non-hydrogen) atoms. The van der Waals surface area contributed by atoms with Crippen molar-refractivity contribution in [1.82, 2.24) is 4.98 Å². The molecular weight excluding hydrogens is 268 g/mol. The number of hydrogen-bond acceptors (Lipinski definition) is 6. The Morgan fingerprint density at radius 1 is 1.37 bits per heavy atom. The second kappa shape index (κ2) is 4.43. The molecule has 2 aromatic rings. The molecule has 7 heteroatoms. The number of rotatable bonds is 2. The Bertz CT molecular complexity index is 653. The van der Waals surface area contributed by atoms with Gasteiger partial charge in [0.15, 0.2) is 17.2 Å². The van der Waals surface area contributed by atoms with Gasteiger partial charge in [-0.15, -0.1) is 0 Å².